The number of aryl methyl sites for hydroxylation is 1. The second-order valence-electron chi connectivity index (χ2n) is 10.6. The lowest BCUT2D eigenvalue weighted by molar-refractivity contribution is -0.145. The highest BCUT2D eigenvalue weighted by Crippen LogP contribution is 2.11. The summed E-state index contributed by atoms with van der Waals surface area (Å²) in [6, 6.07) is 5.53. The number of rotatable bonds is 20. The minimum absolute atomic E-state index is 0.0666. The molecule has 38 heavy (non-hydrogen) atoms. The Kier molecular flexibility index (Phi) is 22.2. The third-order valence-electron chi connectivity index (χ3n) is 6.25. The van der Waals surface area contributed by atoms with Crippen LogP contribution in [0.4, 0.5) is 0 Å². The molecule has 0 saturated heterocycles. The van der Waals surface area contributed by atoms with Crippen molar-refractivity contribution in [3.8, 4) is 0 Å². The molecule has 0 aliphatic carbocycles. The van der Waals surface area contributed by atoms with Gasteiger partial charge in [0.15, 0.2) is 0 Å². The number of nitrogens with two attached hydrogens (primary N) is 1. The number of benzene rings is 1. The van der Waals surface area contributed by atoms with E-state index in [-0.39, 0.29) is 10.9 Å². The normalized spacial score (nSPS) is 12.4. The second-order valence-corrected chi connectivity index (χ2v) is 12.1. The first-order valence-corrected chi connectivity index (χ1v) is 16.1. The summed E-state index contributed by atoms with van der Waals surface area (Å²) < 4.78 is 34.8. The van der Waals surface area contributed by atoms with Crippen molar-refractivity contribution < 1.29 is 22.5 Å². The highest BCUT2D eigenvalue weighted by Gasteiger charge is 2.15. The Morgan fingerprint density at radius 1 is 0.868 bits per heavy atom. The van der Waals surface area contributed by atoms with Crippen LogP contribution >= 0.6 is 0 Å². The van der Waals surface area contributed by atoms with Gasteiger partial charge < -0.3 is 10.5 Å². The van der Waals surface area contributed by atoms with Crippen LogP contribution in [0, 0.1) is 12.8 Å². The van der Waals surface area contributed by atoms with Gasteiger partial charge in [0.25, 0.3) is 10.1 Å². The van der Waals surface area contributed by atoms with E-state index in [0.717, 1.165) is 18.4 Å². The Morgan fingerprint density at radius 3 is 1.82 bits per heavy atom. The molecule has 0 amide bonds. The molecule has 0 spiro atoms. The number of carbonyl (C=O) groups is 1. The van der Waals surface area contributed by atoms with Gasteiger partial charge in [-0.05, 0) is 63.5 Å². The molecule has 7 heteroatoms. The Labute approximate surface area is 233 Å². The molecule has 0 radical (unpaired) electrons. The van der Waals surface area contributed by atoms with Crippen LogP contribution in [0.1, 0.15) is 123 Å². The Balaban J connectivity index is 0.00000103. The number of hydrogen-bond donors (Lipinski definition) is 2. The van der Waals surface area contributed by atoms with E-state index in [4.69, 9.17) is 15.0 Å². The van der Waals surface area contributed by atoms with Crippen LogP contribution in [0.15, 0.2) is 41.3 Å². The number of hydrogen-bond acceptors (Lipinski definition) is 5. The second kappa shape index (κ2) is 23.2. The summed E-state index contributed by atoms with van der Waals surface area (Å²) in [6.07, 6.45) is 23.4. The van der Waals surface area contributed by atoms with Crippen LogP contribution in [0.2, 0.25) is 0 Å². The molecule has 6 nitrogen and oxygen atoms in total. The molecule has 3 N–H and O–H groups in total. The largest absolute Gasteiger partial charge is 0.465 e. The van der Waals surface area contributed by atoms with Gasteiger partial charge in [-0.3, -0.25) is 9.35 Å². The fraction of sp³-hybridized carbons (Fsp3) is 0.710. The first kappa shape index (κ1) is 36.3. The lowest BCUT2D eigenvalue weighted by Crippen LogP contribution is -2.33. The van der Waals surface area contributed by atoms with Crippen molar-refractivity contribution in [2.75, 3.05) is 6.61 Å². The zero-order valence-electron chi connectivity index (χ0n) is 24.5. The molecule has 1 unspecified atom stereocenters. The average molecular weight is 554 g/mol. The molecule has 0 aliphatic rings. The zero-order valence-corrected chi connectivity index (χ0v) is 25.3. The van der Waals surface area contributed by atoms with Gasteiger partial charge in [0, 0.05) is 0 Å². The maximum Gasteiger partial charge on any atom is 0.322 e. The molecule has 1 aromatic rings. The zero-order chi connectivity index (χ0) is 28.7. The fourth-order valence-corrected chi connectivity index (χ4v) is 4.42. The molecule has 0 bridgehead atoms. The van der Waals surface area contributed by atoms with Crippen molar-refractivity contribution in [2.24, 2.45) is 11.7 Å². The SMILES string of the molecule is CCCCCCCC/C=C\CCCCCCCCOC(=O)C(N)CC(C)C.Cc1ccc(S(=O)(=O)O)cc1. The smallest absolute Gasteiger partial charge is 0.322 e. The molecule has 0 aliphatic heterocycles. The van der Waals surface area contributed by atoms with E-state index in [9.17, 15) is 13.2 Å². The third-order valence-corrected chi connectivity index (χ3v) is 7.12. The highest BCUT2D eigenvalue weighted by molar-refractivity contribution is 7.85. The maximum absolute atomic E-state index is 11.7. The van der Waals surface area contributed by atoms with Gasteiger partial charge in [-0.15, -0.1) is 0 Å². The van der Waals surface area contributed by atoms with Gasteiger partial charge in [0.2, 0.25) is 0 Å². The highest BCUT2D eigenvalue weighted by atomic mass is 32.2. The lowest BCUT2D eigenvalue weighted by Gasteiger charge is -2.13. The van der Waals surface area contributed by atoms with Crippen LogP contribution in [0.5, 0.6) is 0 Å². The van der Waals surface area contributed by atoms with Gasteiger partial charge in [-0.2, -0.15) is 8.42 Å². The number of esters is 1. The van der Waals surface area contributed by atoms with Crippen LogP contribution < -0.4 is 5.73 Å². The van der Waals surface area contributed by atoms with E-state index in [1.54, 1.807) is 12.1 Å². The van der Waals surface area contributed by atoms with Crippen molar-refractivity contribution in [3.05, 3.63) is 42.0 Å². The molecule has 0 heterocycles. The molecule has 0 aromatic heterocycles. The average Bonchev–Trinajstić information content (AvgIpc) is 2.85. The minimum atomic E-state index is -4.02. The lowest BCUT2D eigenvalue weighted by atomic mass is 10.1. The van der Waals surface area contributed by atoms with Gasteiger partial charge in [0.1, 0.15) is 6.04 Å². The topological polar surface area (TPSA) is 107 Å². The van der Waals surface area contributed by atoms with Crippen molar-refractivity contribution in [1.82, 2.24) is 0 Å². The van der Waals surface area contributed by atoms with Gasteiger partial charge in [-0.1, -0.05) is 108 Å². The first-order chi connectivity index (χ1) is 18.1. The van der Waals surface area contributed by atoms with Crippen LogP contribution in [0.25, 0.3) is 0 Å². The standard InChI is InChI=1S/C24H47NO2.C7H8O3S/c1-4-5-6-7-8-9-10-11-12-13-14-15-16-17-18-19-20-27-24(26)23(25)21-22(2)3;1-6-2-4-7(5-3-6)11(8,9)10/h11-12,22-23H,4-10,13-21,25H2,1-3H3;2-5H,1H3,(H,8,9,10)/b12-11-;. The summed E-state index contributed by atoms with van der Waals surface area (Å²) in [5, 5.41) is 0. The Morgan fingerprint density at radius 2 is 1.34 bits per heavy atom. The summed E-state index contributed by atoms with van der Waals surface area (Å²) in [6.45, 7) is 8.77. The van der Waals surface area contributed by atoms with E-state index >= 15 is 0 Å². The van der Waals surface area contributed by atoms with Crippen molar-refractivity contribution in [3.63, 3.8) is 0 Å². The molecule has 220 valence electrons. The predicted octanol–water partition coefficient (Wildman–Crippen LogP) is 8.18. The minimum Gasteiger partial charge on any atom is -0.465 e. The molecular formula is C31H55NO5S. The van der Waals surface area contributed by atoms with Crippen LogP contribution in [-0.4, -0.2) is 31.6 Å². The van der Waals surface area contributed by atoms with Crippen molar-refractivity contribution >= 4 is 16.1 Å². The summed E-state index contributed by atoms with van der Waals surface area (Å²) >= 11 is 0. The number of ether oxygens (including phenoxy) is 1. The summed E-state index contributed by atoms with van der Waals surface area (Å²) in [7, 11) is -4.02. The summed E-state index contributed by atoms with van der Waals surface area (Å²) in [5.74, 6) is 0.189. The van der Waals surface area contributed by atoms with E-state index in [0.29, 0.717) is 18.9 Å². The fourth-order valence-electron chi connectivity index (χ4n) is 3.94. The summed E-state index contributed by atoms with van der Waals surface area (Å²) in [5.41, 5.74) is 6.77. The van der Waals surface area contributed by atoms with Crippen LogP contribution in [0.3, 0.4) is 0 Å². The van der Waals surface area contributed by atoms with Gasteiger partial charge in [0.05, 0.1) is 11.5 Å². The Bertz CT molecular complexity index is 834. The molecule has 1 rings (SSSR count). The molecule has 1 aromatic carbocycles. The first-order valence-electron chi connectivity index (χ1n) is 14.7. The third kappa shape index (κ3) is 22.3. The predicted molar refractivity (Wildman–Crippen MR) is 159 cm³/mol. The van der Waals surface area contributed by atoms with E-state index in [1.807, 2.05) is 6.92 Å². The van der Waals surface area contributed by atoms with E-state index in [2.05, 4.69) is 32.9 Å². The Hall–Kier alpha value is -1.70. The van der Waals surface area contributed by atoms with Gasteiger partial charge >= 0.3 is 5.97 Å². The van der Waals surface area contributed by atoms with Crippen molar-refractivity contribution in [1.29, 1.82) is 0 Å². The van der Waals surface area contributed by atoms with Gasteiger partial charge in [-0.25, -0.2) is 0 Å². The maximum atomic E-state index is 11.7. The number of carbonyl (C=O) groups excluding carboxylic acids is 1. The van der Waals surface area contributed by atoms with E-state index in [1.165, 1.54) is 89.2 Å². The van der Waals surface area contributed by atoms with E-state index < -0.39 is 16.2 Å². The number of unbranched alkanes of at least 4 members (excludes halogenated alkanes) is 12. The van der Waals surface area contributed by atoms with Crippen LogP contribution in [-0.2, 0) is 19.6 Å². The summed E-state index contributed by atoms with van der Waals surface area (Å²) in [4.78, 5) is 11.6. The monoisotopic (exact) mass is 553 g/mol. The van der Waals surface area contributed by atoms with Crippen molar-refractivity contribution in [2.45, 2.75) is 135 Å². The molecule has 0 fully saturated rings. The molecular weight excluding hydrogens is 498 g/mol. The molecule has 0 saturated carbocycles. The molecule has 1 atom stereocenters. The number of allylic oxidation sites excluding steroid dienone is 2. The quantitative estimate of drug-likeness (QED) is 0.0729.